The summed E-state index contributed by atoms with van der Waals surface area (Å²) in [6.07, 6.45) is 16.2. The van der Waals surface area contributed by atoms with Crippen LogP contribution in [0.1, 0.15) is 235 Å². The van der Waals surface area contributed by atoms with Crippen molar-refractivity contribution in [3.8, 4) is 0 Å². The summed E-state index contributed by atoms with van der Waals surface area (Å²) >= 11 is 0. The lowest BCUT2D eigenvalue weighted by Gasteiger charge is -2.71. The Morgan fingerprint density at radius 3 is 1.36 bits per heavy atom. The van der Waals surface area contributed by atoms with Gasteiger partial charge in [0.1, 0.15) is 6.61 Å². The minimum atomic E-state index is -0.626. The Kier molecular flexibility index (Phi) is 23.6. The first kappa shape index (κ1) is 82.6. The highest BCUT2D eigenvalue weighted by Crippen LogP contribution is 2.77. The molecule has 10 aliphatic rings. The van der Waals surface area contributed by atoms with E-state index in [1.54, 1.807) is 11.1 Å². The fourth-order valence-electron chi connectivity index (χ4n) is 24.8. The molecule has 24 atom stereocenters. The number of methoxy groups -OCH3 is 1. The zero-order valence-corrected chi connectivity index (χ0v) is 68.3. The number of carbonyl (C=O) groups is 3. The molecule has 1 amide bonds. The summed E-state index contributed by atoms with van der Waals surface area (Å²) in [6.45, 7) is 55.0. The van der Waals surface area contributed by atoms with E-state index in [0.29, 0.717) is 80.4 Å². The molecule has 1 aromatic rings. The van der Waals surface area contributed by atoms with Crippen LogP contribution in [0.2, 0.25) is 0 Å². The summed E-state index contributed by atoms with van der Waals surface area (Å²) in [5.74, 6) is 12.4. The van der Waals surface area contributed by atoms with Gasteiger partial charge < -0.3 is 49.3 Å². The van der Waals surface area contributed by atoms with Crippen LogP contribution in [0.3, 0.4) is 0 Å². The molecule has 11 rings (SSSR count). The number of allylic oxidation sites excluding steroid dienone is 2. The van der Waals surface area contributed by atoms with E-state index >= 15 is 0 Å². The van der Waals surface area contributed by atoms with Crippen molar-refractivity contribution in [3.05, 3.63) is 59.2 Å². The molecule has 2 heterocycles. The Labute approximate surface area is 616 Å². The molecule has 1 aromatic carbocycles. The maximum Gasteiger partial charge on any atom is 0.421 e. The third-order valence-electron chi connectivity index (χ3n) is 33.6. The van der Waals surface area contributed by atoms with Crippen molar-refractivity contribution in [3.63, 3.8) is 0 Å². The van der Waals surface area contributed by atoms with Gasteiger partial charge in [-0.2, -0.15) is 0 Å². The Morgan fingerprint density at radius 1 is 0.578 bits per heavy atom. The van der Waals surface area contributed by atoms with E-state index in [4.69, 9.17) is 40.1 Å². The molecule has 0 unspecified atom stereocenters. The predicted octanol–water partition coefficient (Wildman–Crippen LogP) is 15.6. The van der Waals surface area contributed by atoms with Gasteiger partial charge in [0.15, 0.2) is 0 Å². The number of aliphatic carboxylic acids is 2. The van der Waals surface area contributed by atoms with E-state index in [2.05, 4.69) is 181 Å². The van der Waals surface area contributed by atoms with Crippen molar-refractivity contribution in [1.29, 1.82) is 0 Å². The average molecular weight is 1430 g/mol. The first-order valence-corrected chi connectivity index (χ1v) is 39.6. The van der Waals surface area contributed by atoms with Crippen molar-refractivity contribution in [2.75, 3.05) is 60.8 Å². The van der Waals surface area contributed by atoms with Crippen LogP contribution in [0.4, 0.5) is 4.79 Å². The number of nitrogens with two attached hydrogens (primary N) is 2. The lowest BCUT2D eigenvalue weighted by Crippen LogP contribution is -2.72. The quantitative estimate of drug-likeness (QED) is 0.0295. The SMILES string of the molecule is CN[C@@](C)(CO[C@H]1[C@H](NN)C[C@@]23COC[C@]1(C)[C@@H]2CC[C@H]1C3=CC[C@@]2(C)[C@H](C(=O)O)[C@@](C)([C@H](C)C(C)C)CC[C@]12C)C(C)(C)C.CN[C@@](C)(CO[C@H]1[C@H](OC)C[C@@]23COC[C@]1(C)[C@@H]2CC[C@H]1C3=CC[C@@]2(C)[C@H](C(=O)O)[C@@](C)([C@H](C)C(C)C)CC[C@]12C)C(C)(C)C.NNC(=O)OCc1ccccc1. The number of carboxylic acids is 2. The number of ether oxygens (including phenoxy) is 6. The average Bonchev–Trinajstić information content (AvgIpc) is 0.677. The molecule has 4 bridgehead atoms. The topological polar surface area (TPSA) is 247 Å². The number of carbonyl (C=O) groups excluding carboxylic acids is 1. The smallest absolute Gasteiger partial charge is 0.421 e. The molecular formula is C85H144N6O11. The highest BCUT2D eigenvalue weighted by atomic mass is 16.6. The molecule has 8 fully saturated rings. The number of hydrazine groups is 2. The third kappa shape index (κ3) is 13.1. The molecule has 6 saturated carbocycles. The van der Waals surface area contributed by atoms with Gasteiger partial charge in [0.2, 0.25) is 0 Å². The van der Waals surface area contributed by atoms with Crippen LogP contribution in [-0.2, 0) is 44.6 Å². The van der Waals surface area contributed by atoms with Crippen LogP contribution in [0, 0.1) is 124 Å². The van der Waals surface area contributed by atoms with Gasteiger partial charge in [-0.1, -0.05) is 192 Å². The van der Waals surface area contributed by atoms with E-state index in [1.807, 2.05) is 57.0 Å². The summed E-state index contributed by atoms with van der Waals surface area (Å²) in [5, 5.41) is 29.1. The van der Waals surface area contributed by atoms with Gasteiger partial charge in [-0.3, -0.25) is 26.3 Å². The number of benzene rings is 1. The minimum absolute atomic E-state index is 0.00491. The van der Waals surface area contributed by atoms with Gasteiger partial charge >= 0.3 is 18.0 Å². The zero-order chi connectivity index (χ0) is 76.0. The molecule has 0 spiro atoms. The van der Waals surface area contributed by atoms with Gasteiger partial charge in [-0.25, -0.2) is 10.6 Å². The van der Waals surface area contributed by atoms with Crippen LogP contribution in [0.5, 0.6) is 0 Å². The number of rotatable bonds is 18. The fraction of sp³-hybridized carbons (Fsp3) is 0.847. The monoisotopic (exact) mass is 1430 g/mol. The summed E-state index contributed by atoms with van der Waals surface area (Å²) in [6, 6.07) is 9.38. The normalized spacial score (nSPS) is 42.3. The van der Waals surface area contributed by atoms with E-state index in [-0.39, 0.29) is 119 Å². The van der Waals surface area contributed by atoms with Crippen LogP contribution < -0.4 is 33.2 Å². The largest absolute Gasteiger partial charge is 0.481 e. The van der Waals surface area contributed by atoms with Crippen molar-refractivity contribution in [1.82, 2.24) is 21.5 Å². The lowest BCUT2D eigenvalue weighted by atomic mass is 9.34. The second-order valence-corrected chi connectivity index (χ2v) is 40.0. The Morgan fingerprint density at radius 2 is 0.990 bits per heavy atom. The number of nitrogens with one attached hydrogen (secondary N) is 4. The Hall–Kier alpha value is -3.49. The number of hydrogen-bond donors (Lipinski definition) is 8. The van der Waals surface area contributed by atoms with Crippen molar-refractivity contribution >= 4 is 18.0 Å². The van der Waals surface area contributed by atoms with Gasteiger partial charge in [-0.05, 0) is 201 Å². The highest BCUT2D eigenvalue weighted by molar-refractivity contribution is 5.74. The second-order valence-electron chi connectivity index (χ2n) is 40.0. The zero-order valence-electron chi connectivity index (χ0n) is 68.3. The molecule has 17 nitrogen and oxygen atoms in total. The predicted molar refractivity (Wildman–Crippen MR) is 406 cm³/mol. The standard InChI is InChI=1S/C39H67NO5.C38H67N3O4.C8H10N2O2/c1-24(2)25(3)34(7)18-19-36(9)26-14-15-29-35(8)21-44-23-39(29,27(26)16-17-37(36,10)30(34)32(41)42)20-28(43-13)31(35)45-22-38(11,40-12)33(4,5)6;1-23(2)24(3)33(7)17-18-35(9)25-13-14-28-34(8)20-44-22-38(28,26(25)15-16-36(35,10)29(33)31(42)43)19-27(41-39)30(34)45-21-37(11,40-12)32(4,5)6;9-10-8(11)12-6-7-4-2-1-3-5-7/h16,24-26,28-31,40H,14-15,17-23H2,1-13H3,(H,41,42);15,23-25,27-30,40-41H,13-14,16-22,39H2,1-12H3,(H,42,43);1-5H,6,9H2,(H,10,11)/t25-,26+,28-,29+,30-,31+,34-,35-,36-,37+,38+,39+;24-,25+,27-,28+,29-,30+,33-,34-,35-,36+,37+,38+;/m11./s1. The summed E-state index contributed by atoms with van der Waals surface area (Å²) < 4.78 is 38.4. The van der Waals surface area contributed by atoms with E-state index in [0.717, 1.165) is 89.2 Å². The van der Waals surface area contributed by atoms with Gasteiger partial charge in [0, 0.05) is 45.9 Å². The number of likely N-dealkylation sites (N-methyl/N-ethyl adjacent to an activating group) is 2. The van der Waals surface area contributed by atoms with Crippen LogP contribution in [0.15, 0.2) is 53.6 Å². The molecule has 0 radical (unpaired) electrons. The van der Waals surface area contributed by atoms with Crippen molar-refractivity contribution in [2.45, 2.75) is 271 Å². The molecule has 10 N–H and O–H groups in total. The van der Waals surface area contributed by atoms with Crippen LogP contribution in [0.25, 0.3) is 0 Å². The summed E-state index contributed by atoms with van der Waals surface area (Å²) in [4.78, 5) is 37.2. The molecule has 2 aliphatic heterocycles. The number of carboxylic acid groups (broad SMARTS) is 2. The molecule has 17 heteroatoms. The summed E-state index contributed by atoms with van der Waals surface area (Å²) in [5.41, 5.74) is 6.99. The first-order chi connectivity index (χ1) is 47.3. The number of fused-ring (bicyclic) bond motifs is 6. The second kappa shape index (κ2) is 29.2. The Balaban J connectivity index is 0.000000204. The highest BCUT2D eigenvalue weighted by Gasteiger charge is 2.74. The lowest BCUT2D eigenvalue weighted by molar-refractivity contribution is -0.270. The fourth-order valence-corrected chi connectivity index (χ4v) is 24.8. The first-order valence-electron chi connectivity index (χ1n) is 39.6. The van der Waals surface area contributed by atoms with Crippen LogP contribution in [-0.4, -0.2) is 125 Å². The Bertz CT molecular complexity index is 3030. The molecule has 580 valence electrons. The van der Waals surface area contributed by atoms with E-state index in [1.165, 1.54) is 0 Å². The molecular weight excluding hydrogens is 1280 g/mol. The number of hydrogen-bond acceptors (Lipinski definition) is 14. The van der Waals surface area contributed by atoms with Crippen molar-refractivity contribution in [2.24, 2.45) is 136 Å². The maximum atomic E-state index is 13.4. The molecule has 8 aliphatic carbocycles. The van der Waals surface area contributed by atoms with Crippen molar-refractivity contribution < 1.29 is 53.0 Å². The minimum Gasteiger partial charge on any atom is -0.481 e. The van der Waals surface area contributed by atoms with Gasteiger partial charge in [0.05, 0.1) is 69.8 Å². The van der Waals surface area contributed by atoms with E-state index in [9.17, 15) is 24.6 Å². The van der Waals surface area contributed by atoms with Gasteiger partial charge in [0.25, 0.3) is 0 Å². The number of amides is 1. The van der Waals surface area contributed by atoms with E-state index < -0.39 is 18.0 Å². The molecule has 0 aromatic heterocycles. The molecule has 2 saturated heterocycles. The summed E-state index contributed by atoms with van der Waals surface area (Å²) in [7, 11) is 5.93. The molecule has 102 heavy (non-hydrogen) atoms. The third-order valence-corrected chi connectivity index (χ3v) is 33.6. The van der Waals surface area contributed by atoms with Crippen LogP contribution >= 0.6 is 0 Å². The van der Waals surface area contributed by atoms with Gasteiger partial charge in [-0.15, -0.1) is 0 Å². The maximum absolute atomic E-state index is 13.4.